The molecule has 0 aromatic carbocycles. The van der Waals surface area contributed by atoms with Gasteiger partial charge in [0.05, 0.1) is 6.61 Å². The Labute approximate surface area is 160 Å². The maximum atomic E-state index is 12.5. The van der Waals surface area contributed by atoms with Crippen LogP contribution in [0.2, 0.25) is 0 Å². The fourth-order valence-corrected chi connectivity index (χ4v) is 4.48. The molecule has 4 rings (SSSR count). The Morgan fingerprint density at radius 2 is 2.08 bits per heavy atom. The Hall–Kier alpha value is -2.08. The molecule has 1 saturated heterocycles. The van der Waals surface area contributed by atoms with Crippen LogP contribution in [-0.4, -0.2) is 23.5 Å². The first kappa shape index (κ1) is 17.3. The number of carbonyl (C=O) groups is 2. The van der Waals surface area contributed by atoms with Crippen molar-refractivity contribution in [3.05, 3.63) is 50.4 Å². The number of H-pyrrole nitrogens is 1. The highest BCUT2D eigenvalue weighted by molar-refractivity contribution is 9.11. The number of hydrogen-bond acceptors (Lipinski definition) is 3. The lowest BCUT2D eigenvalue weighted by Gasteiger charge is -2.15. The second-order valence-electron chi connectivity index (χ2n) is 6.84. The van der Waals surface area contributed by atoms with Crippen molar-refractivity contribution in [3.63, 3.8) is 0 Å². The van der Waals surface area contributed by atoms with Crippen molar-refractivity contribution in [3.8, 4) is 0 Å². The molecule has 0 spiro atoms. The zero-order valence-electron chi connectivity index (χ0n) is 14.7. The third kappa shape index (κ3) is 2.96. The molecule has 0 saturated carbocycles. The molecule has 0 bridgehead atoms. The molecule has 2 N–H and O–H groups in total. The summed E-state index contributed by atoms with van der Waals surface area (Å²) in [6.07, 6.45) is 10.6. The molecule has 1 fully saturated rings. The third-order valence-corrected chi connectivity index (χ3v) is 5.84. The predicted octanol–water partition coefficient (Wildman–Crippen LogP) is 3.77. The van der Waals surface area contributed by atoms with E-state index in [2.05, 4.69) is 26.2 Å². The Balaban J connectivity index is 1.75. The van der Waals surface area contributed by atoms with Crippen LogP contribution in [0.1, 0.15) is 53.5 Å². The Morgan fingerprint density at radius 1 is 1.31 bits per heavy atom. The molecule has 0 radical (unpaired) electrons. The summed E-state index contributed by atoms with van der Waals surface area (Å²) in [5, 5.41) is 2.96. The average molecular weight is 417 g/mol. The summed E-state index contributed by atoms with van der Waals surface area (Å²) in [5.74, 6) is -0.334. The molecular weight excluding hydrogens is 396 g/mol. The minimum atomic E-state index is -0.310. The van der Waals surface area contributed by atoms with Gasteiger partial charge >= 0.3 is 5.97 Å². The number of amides is 1. The summed E-state index contributed by atoms with van der Waals surface area (Å²) in [6, 6.07) is 0. The van der Waals surface area contributed by atoms with Crippen LogP contribution in [0.4, 0.5) is 0 Å². The lowest BCUT2D eigenvalue weighted by molar-refractivity contribution is -0.115. The molecule has 5 nitrogen and oxygen atoms in total. The van der Waals surface area contributed by atoms with E-state index in [4.69, 9.17) is 4.74 Å². The van der Waals surface area contributed by atoms with E-state index in [0.717, 1.165) is 64.7 Å². The van der Waals surface area contributed by atoms with E-state index in [-0.39, 0.29) is 17.8 Å². The van der Waals surface area contributed by atoms with Gasteiger partial charge in [-0.1, -0.05) is 22.0 Å². The molecule has 1 aliphatic heterocycles. The lowest BCUT2D eigenvalue weighted by Crippen LogP contribution is -2.13. The summed E-state index contributed by atoms with van der Waals surface area (Å²) < 4.78 is 6.28. The van der Waals surface area contributed by atoms with Gasteiger partial charge in [0.1, 0.15) is 5.69 Å². The number of aromatic nitrogens is 1. The Bertz CT molecular complexity index is 876. The van der Waals surface area contributed by atoms with Crippen LogP contribution in [-0.2, 0) is 22.4 Å². The SMILES string of the molecule is CCOC(=O)c1[nH]c(/C=C2\C(=O)NC3=CC=C(Br)CC32)c2c1CCCC2. The minimum absolute atomic E-state index is 0.0375. The van der Waals surface area contributed by atoms with Crippen molar-refractivity contribution in [2.24, 2.45) is 5.92 Å². The summed E-state index contributed by atoms with van der Waals surface area (Å²) in [4.78, 5) is 28.1. The van der Waals surface area contributed by atoms with Crippen LogP contribution < -0.4 is 5.32 Å². The van der Waals surface area contributed by atoms with E-state index in [1.165, 1.54) is 0 Å². The van der Waals surface area contributed by atoms with Crippen LogP contribution in [0.3, 0.4) is 0 Å². The van der Waals surface area contributed by atoms with Gasteiger partial charge in [-0.2, -0.15) is 0 Å². The van der Waals surface area contributed by atoms with Gasteiger partial charge in [-0.3, -0.25) is 4.79 Å². The van der Waals surface area contributed by atoms with Gasteiger partial charge in [0.15, 0.2) is 0 Å². The molecule has 1 aromatic rings. The minimum Gasteiger partial charge on any atom is -0.461 e. The number of hydrogen-bond donors (Lipinski definition) is 2. The number of rotatable bonds is 3. The number of ether oxygens (including phenoxy) is 1. The highest BCUT2D eigenvalue weighted by Crippen LogP contribution is 2.38. The number of halogens is 1. The van der Waals surface area contributed by atoms with E-state index < -0.39 is 0 Å². The second-order valence-corrected chi connectivity index (χ2v) is 7.86. The van der Waals surface area contributed by atoms with Gasteiger partial charge in [0.25, 0.3) is 5.91 Å². The van der Waals surface area contributed by atoms with E-state index in [1.54, 1.807) is 6.92 Å². The molecule has 1 unspecified atom stereocenters. The fraction of sp³-hybridized carbons (Fsp3) is 0.400. The van der Waals surface area contributed by atoms with Gasteiger partial charge in [-0.15, -0.1) is 0 Å². The van der Waals surface area contributed by atoms with E-state index in [9.17, 15) is 9.59 Å². The molecule has 136 valence electrons. The number of allylic oxidation sites excluding steroid dienone is 4. The molecule has 3 aliphatic rings. The van der Waals surface area contributed by atoms with Crippen molar-refractivity contribution >= 4 is 33.9 Å². The Morgan fingerprint density at radius 3 is 2.85 bits per heavy atom. The number of esters is 1. The second kappa shape index (κ2) is 6.91. The predicted molar refractivity (Wildman–Crippen MR) is 103 cm³/mol. The van der Waals surface area contributed by atoms with Gasteiger partial charge in [-0.05, 0) is 66.8 Å². The molecule has 1 aromatic heterocycles. The number of fused-ring (bicyclic) bond motifs is 2. The summed E-state index contributed by atoms with van der Waals surface area (Å²) in [6.45, 7) is 2.16. The van der Waals surface area contributed by atoms with Crippen LogP contribution in [0.25, 0.3) is 6.08 Å². The topological polar surface area (TPSA) is 71.2 Å². The zero-order chi connectivity index (χ0) is 18.3. The van der Waals surface area contributed by atoms with Crippen molar-refractivity contribution < 1.29 is 14.3 Å². The molecule has 2 aliphatic carbocycles. The average Bonchev–Trinajstić information content (AvgIpc) is 3.14. The molecule has 1 atom stereocenters. The van der Waals surface area contributed by atoms with Crippen molar-refractivity contribution in [2.75, 3.05) is 6.61 Å². The van der Waals surface area contributed by atoms with Crippen molar-refractivity contribution in [1.29, 1.82) is 0 Å². The maximum absolute atomic E-state index is 12.5. The van der Waals surface area contributed by atoms with Crippen molar-refractivity contribution in [1.82, 2.24) is 10.3 Å². The molecule has 2 heterocycles. The summed E-state index contributed by atoms with van der Waals surface area (Å²) in [7, 11) is 0. The molecule has 6 heteroatoms. The number of carbonyl (C=O) groups excluding carboxylic acids is 2. The van der Waals surface area contributed by atoms with Gasteiger partial charge in [0.2, 0.25) is 0 Å². The van der Waals surface area contributed by atoms with E-state index >= 15 is 0 Å². The number of aromatic amines is 1. The Kier molecular flexibility index (Phi) is 4.61. The van der Waals surface area contributed by atoms with Crippen LogP contribution in [0, 0.1) is 5.92 Å². The number of nitrogens with one attached hydrogen (secondary N) is 2. The van der Waals surface area contributed by atoms with Crippen molar-refractivity contribution in [2.45, 2.75) is 39.0 Å². The monoisotopic (exact) mass is 416 g/mol. The van der Waals surface area contributed by atoms with E-state index in [0.29, 0.717) is 12.3 Å². The highest BCUT2D eigenvalue weighted by Gasteiger charge is 2.35. The first-order chi connectivity index (χ1) is 12.6. The smallest absolute Gasteiger partial charge is 0.355 e. The van der Waals surface area contributed by atoms with Crippen LogP contribution in [0.15, 0.2) is 27.9 Å². The summed E-state index contributed by atoms with van der Waals surface area (Å²) >= 11 is 3.54. The van der Waals surface area contributed by atoms with Gasteiger partial charge in [0, 0.05) is 22.9 Å². The van der Waals surface area contributed by atoms with Crippen LogP contribution in [0.5, 0.6) is 0 Å². The fourth-order valence-electron chi connectivity index (χ4n) is 4.02. The quantitative estimate of drug-likeness (QED) is 0.581. The lowest BCUT2D eigenvalue weighted by atomic mass is 9.89. The molecular formula is C20H21BrN2O3. The molecule has 1 amide bonds. The van der Waals surface area contributed by atoms with E-state index in [1.807, 2.05) is 18.2 Å². The first-order valence-electron chi connectivity index (χ1n) is 9.08. The standard InChI is InChI=1S/C20H21BrN2O3/c1-2-26-20(25)18-13-6-4-3-5-12(13)17(22-18)10-15-14-9-11(21)7-8-16(14)23-19(15)24/h7-8,10,14,22H,2-6,9H2,1H3,(H,23,24)/b15-10-. The largest absolute Gasteiger partial charge is 0.461 e. The normalized spacial score (nSPS) is 23.1. The highest BCUT2D eigenvalue weighted by atomic mass is 79.9. The van der Waals surface area contributed by atoms with Gasteiger partial charge in [-0.25, -0.2) is 4.79 Å². The third-order valence-electron chi connectivity index (χ3n) is 5.25. The van der Waals surface area contributed by atoms with Gasteiger partial charge < -0.3 is 15.0 Å². The van der Waals surface area contributed by atoms with Crippen LogP contribution >= 0.6 is 15.9 Å². The zero-order valence-corrected chi connectivity index (χ0v) is 16.2. The maximum Gasteiger partial charge on any atom is 0.355 e. The molecule has 26 heavy (non-hydrogen) atoms. The summed E-state index contributed by atoms with van der Waals surface area (Å²) in [5.41, 5.74) is 5.32. The first-order valence-corrected chi connectivity index (χ1v) is 9.87.